The first-order valence-electron chi connectivity index (χ1n) is 8.65. The highest BCUT2D eigenvalue weighted by molar-refractivity contribution is 7.98. The monoisotopic (exact) mass is 382 g/mol. The van der Waals surface area contributed by atoms with Gasteiger partial charge in [-0.25, -0.2) is 0 Å². The lowest BCUT2D eigenvalue weighted by molar-refractivity contribution is 0.269. The maximum absolute atomic E-state index is 5.94. The first-order valence-corrected chi connectivity index (χ1v) is 9.87. The maximum Gasteiger partial charge on any atom is 0.211 e. The molecule has 0 unspecified atom stereocenters. The molecule has 0 aliphatic rings. The lowest BCUT2D eigenvalue weighted by Crippen LogP contribution is -2.01. The van der Waals surface area contributed by atoms with Gasteiger partial charge in [0.25, 0.3) is 0 Å². The van der Waals surface area contributed by atoms with Gasteiger partial charge in [-0.05, 0) is 49.4 Å². The van der Waals surface area contributed by atoms with E-state index in [-0.39, 0.29) is 0 Å². The van der Waals surface area contributed by atoms with Crippen molar-refractivity contribution in [2.75, 3.05) is 12.9 Å². The molecule has 0 radical (unpaired) electrons. The van der Waals surface area contributed by atoms with Crippen molar-refractivity contribution in [2.45, 2.75) is 25.6 Å². The van der Waals surface area contributed by atoms with Crippen LogP contribution in [0, 0.1) is 6.92 Å². The van der Waals surface area contributed by atoms with Gasteiger partial charge < -0.3 is 9.47 Å². The molecule has 3 aromatic rings. The van der Waals surface area contributed by atoms with Gasteiger partial charge in [0.1, 0.15) is 6.61 Å². The number of benzene rings is 2. The minimum atomic E-state index is 0.491. The molecule has 0 saturated heterocycles. The Morgan fingerprint density at radius 3 is 2.63 bits per heavy atom. The highest BCUT2D eigenvalue weighted by Gasteiger charge is 2.08. The summed E-state index contributed by atoms with van der Waals surface area (Å²) in [5.41, 5.74) is 2.02. The second-order valence-corrected chi connectivity index (χ2v) is 6.48. The summed E-state index contributed by atoms with van der Waals surface area (Å²) in [4.78, 5) is 0. The Hall–Kier alpha value is -2.80. The number of nitrogens with zero attached hydrogens (tertiary/aromatic N) is 4. The molecule has 0 aliphatic heterocycles. The fraction of sp³-hybridized carbons (Fsp3) is 0.250. The molecular weight excluding hydrogens is 360 g/mol. The van der Waals surface area contributed by atoms with E-state index in [0.717, 1.165) is 22.1 Å². The van der Waals surface area contributed by atoms with E-state index in [2.05, 4.69) is 15.3 Å². The average Bonchev–Trinajstić information content (AvgIpc) is 3.06. The molecule has 0 atom stereocenters. The highest BCUT2D eigenvalue weighted by Crippen LogP contribution is 2.29. The van der Waals surface area contributed by atoms with Crippen LogP contribution >= 0.6 is 11.8 Å². The van der Waals surface area contributed by atoms with Gasteiger partial charge in [0.05, 0.1) is 12.8 Å². The largest absolute Gasteiger partial charge is 0.490 e. The second kappa shape index (κ2) is 9.23. The number of aryl methyl sites for hydroxylation is 1. The Labute approximate surface area is 163 Å². The van der Waals surface area contributed by atoms with Crippen LogP contribution in [0.4, 0.5) is 0 Å². The lowest BCUT2D eigenvalue weighted by atomic mass is 10.2. The summed E-state index contributed by atoms with van der Waals surface area (Å²) in [5, 5.41) is 13.4. The first kappa shape index (κ1) is 19.0. The molecule has 1 aromatic heterocycles. The number of thioether (sulfide) groups is 1. The molecule has 0 saturated carbocycles. The predicted molar refractivity (Wildman–Crippen MR) is 108 cm³/mol. The van der Waals surface area contributed by atoms with Gasteiger partial charge in [-0.15, -0.1) is 10.2 Å². The maximum atomic E-state index is 5.94. The van der Waals surface area contributed by atoms with E-state index in [9.17, 15) is 0 Å². The summed E-state index contributed by atoms with van der Waals surface area (Å²) in [6.07, 6.45) is 3.71. The van der Waals surface area contributed by atoms with Gasteiger partial charge in [-0.2, -0.15) is 9.78 Å². The van der Waals surface area contributed by atoms with Crippen molar-refractivity contribution >= 4 is 18.0 Å². The predicted octanol–water partition coefficient (Wildman–Crippen LogP) is 4.17. The van der Waals surface area contributed by atoms with Gasteiger partial charge in [0.2, 0.25) is 5.16 Å². The fourth-order valence-electron chi connectivity index (χ4n) is 2.45. The molecule has 140 valence electrons. The minimum Gasteiger partial charge on any atom is -0.490 e. The van der Waals surface area contributed by atoms with Gasteiger partial charge in [-0.1, -0.05) is 42.1 Å². The summed E-state index contributed by atoms with van der Waals surface area (Å²) in [6, 6.07) is 15.8. The third-order valence-corrected chi connectivity index (χ3v) is 4.40. The van der Waals surface area contributed by atoms with Crippen molar-refractivity contribution in [3.63, 3.8) is 0 Å². The molecule has 3 rings (SSSR count). The number of hydrogen-bond donors (Lipinski definition) is 0. The quantitative estimate of drug-likeness (QED) is 0.432. The Morgan fingerprint density at radius 2 is 1.89 bits per heavy atom. The van der Waals surface area contributed by atoms with Crippen molar-refractivity contribution < 1.29 is 9.47 Å². The zero-order valence-corrected chi connectivity index (χ0v) is 16.4. The number of aromatic nitrogens is 3. The third-order valence-electron chi connectivity index (χ3n) is 3.78. The lowest BCUT2D eigenvalue weighted by Gasteiger charge is -2.12. The fourth-order valence-corrected chi connectivity index (χ4v) is 2.93. The van der Waals surface area contributed by atoms with Crippen LogP contribution in [0.3, 0.4) is 0 Å². The minimum absolute atomic E-state index is 0.491. The van der Waals surface area contributed by atoms with Gasteiger partial charge >= 0.3 is 0 Å². The number of hydrogen-bond acceptors (Lipinski definition) is 6. The molecule has 0 N–H and O–H groups in total. The molecule has 27 heavy (non-hydrogen) atoms. The molecule has 1 heterocycles. The normalized spacial score (nSPS) is 11.1. The summed E-state index contributed by atoms with van der Waals surface area (Å²) in [5.74, 6) is 2.15. The molecule has 0 amide bonds. The van der Waals surface area contributed by atoms with E-state index < -0.39 is 0 Å². The zero-order valence-electron chi connectivity index (χ0n) is 15.6. The molecular formula is C20H22N4O2S. The second-order valence-electron chi connectivity index (χ2n) is 5.70. The Kier molecular flexibility index (Phi) is 6.49. The molecule has 0 aliphatic carbocycles. The van der Waals surface area contributed by atoms with E-state index in [1.807, 2.05) is 68.6 Å². The molecule has 6 nitrogen and oxygen atoms in total. The smallest absolute Gasteiger partial charge is 0.211 e. The molecule has 0 bridgehead atoms. The van der Waals surface area contributed by atoms with Gasteiger partial charge in [0, 0.05) is 0 Å². The number of rotatable bonds is 8. The van der Waals surface area contributed by atoms with E-state index in [1.165, 1.54) is 11.8 Å². The molecule has 0 fully saturated rings. The van der Waals surface area contributed by atoms with Crippen LogP contribution in [0.15, 0.2) is 58.8 Å². The van der Waals surface area contributed by atoms with Crippen molar-refractivity contribution in [2.24, 2.45) is 5.10 Å². The Morgan fingerprint density at radius 1 is 1.07 bits per heavy atom. The van der Waals surface area contributed by atoms with Crippen LogP contribution in [0.1, 0.15) is 23.9 Å². The molecule has 7 heteroatoms. The zero-order chi connectivity index (χ0) is 19.1. The van der Waals surface area contributed by atoms with Crippen molar-refractivity contribution in [1.29, 1.82) is 0 Å². The van der Waals surface area contributed by atoms with Crippen molar-refractivity contribution in [3.8, 4) is 11.5 Å². The molecule has 2 aromatic carbocycles. The number of ether oxygens (including phenoxy) is 2. The Bertz CT molecular complexity index is 910. The van der Waals surface area contributed by atoms with Crippen LogP contribution in [-0.4, -0.2) is 34.0 Å². The standard InChI is InChI=1S/C20H22N4O2S/c1-4-25-19-12-17(13-21-24-15(2)22-23-20(24)27-3)10-11-18(19)26-14-16-8-6-5-7-9-16/h5-13H,4,14H2,1-3H3/b21-13-. The van der Waals surface area contributed by atoms with E-state index in [0.29, 0.717) is 24.7 Å². The van der Waals surface area contributed by atoms with Gasteiger partial charge in [-0.3, -0.25) is 0 Å². The summed E-state index contributed by atoms with van der Waals surface area (Å²) < 4.78 is 13.4. The van der Waals surface area contributed by atoms with Crippen LogP contribution < -0.4 is 9.47 Å². The molecule has 0 spiro atoms. The van der Waals surface area contributed by atoms with Crippen LogP contribution in [0.25, 0.3) is 0 Å². The third kappa shape index (κ3) is 4.89. The average molecular weight is 382 g/mol. The Balaban J connectivity index is 1.78. The van der Waals surface area contributed by atoms with E-state index in [1.54, 1.807) is 10.9 Å². The summed E-state index contributed by atoms with van der Waals surface area (Å²) in [6.45, 7) is 4.87. The SMILES string of the molecule is CCOc1cc(/C=N\n2c(C)nnc2SC)ccc1OCc1ccccc1. The summed E-state index contributed by atoms with van der Waals surface area (Å²) in [7, 11) is 0. The van der Waals surface area contributed by atoms with Crippen molar-refractivity contribution in [1.82, 2.24) is 14.9 Å². The van der Waals surface area contributed by atoms with Crippen LogP contribution in [0.2, 0.25) is 0 Å². The first-order chi connectivity index (χ1) is 13.2. The van der Waals surface area contributed by atoms with Gasteiger partial charge in [0.15, 0.2) is 17.3 Å². The highest BCUT2D eigenvalue weighted by atomic mass is 32.2. The topological polar surface area (TPSA) is 61.5 Å². The van der Waals surface area contributed by atoms with Crippen LogP contribution in [0.5, 0.6) is 11.5 Å². The summed E-state index contributed by atoms with van der Waals surface area (Å²) >= 11 is 1.50. The van der Waals surface area contributed by atoms with Crippen LogP contribution in [-0.2, 0) is 6.61 Å². The van der Waals surface area contributed by atoms with E-state index >= 15 is 0 Å². The van der Waals surface area contributed by atoms with E-state index in [4.69, 9.17) is 9.47 Å². The van der Waals surface area contributed by atoms with Crippen molar-refractivity contribution in [3.05, 3.63) is 65.5 Å².